The normalized spacial score (nSPS) is 15.2. The Morgan fingerprint density at radius 2 is 1.67 bits per heavy atom. The van der Waals surface area contributed by atoms with E-state index < -0.39 is 10.0 Å². The molecule has 30 heavy (non-hydrogen) atoms. The van der Waals surface area contributed by atoms with E-state index in [1.54, 1.807) is 23.1 Å². The third-order valence-corrected chi connectivity index (χ3v) is 7.78. The van der Waals surface area contributed by atoms with E-state index in [1.165, 1.54) is 10.4 Å². The van der Waals surface area contributed by atoms with Crippen LogP contribution < -0.4 is 4.90 Å². The van der Waals surface area contributed by atoms with Crippen LogP contribution in [0, 0.1) is 0 Å². The van der Waals surface area contributed by atoms with Crippen LogP contribution >= 0.6 is 11.6 Å². The Kier molecular flexibility index (Phi) is 7.39. The van der Waals surface area contributed by atoms with Crippen molar-refractivity contribution in [3.05, 3.63) is 59.1 Å². The van der Waals surface area contributed by atoms with Crippen LogP contribution in [0.15, 0.2) is 53.4 Å². The number of carbonyl (C=O) groups excluding carboxylic acids is 1. The molecule has 6 nitrogen and oxygen atoms in total. The lowest BCUT2D eigenvalue weighted by Crippen LogP contribution is -2.50. The molecule has 1 amide bonds. The molecule has 0 saturated carbocycles. The van der Waals surface area contributed by atoms with Gasteiger partial charge in [-0.2, -0.15) is 4.31 Å². The van der Waals surface area contributed by atoms with Crippen molar-refractivity contribution in [2.45, 2.75) is 24.7 Å². The lowest BCUT2D eigenvalue weighted by atomic mass is 10.1. The average molecular weight is 450 g/mol. The number of sulfonamides is 1. The summed E-state index contributed by atoms with van der Waals surface area (Å²) in [7, 11) is -1.62. The van der Waals surface area contributed by atoms with E-state index in [1.807, 2.05) is 31.3 Å². The highest BCUT2D eigenvalue weighted by molar-refractivity contribution is 7.89. The maximum Gasteiger partial charge on any atom is 0.253 e. The SMILES string of the molecule is CCCCN(C)c1ccc(C(=O)N2CCN(S(=O)(=O)c3ccccc3Cl)CC2)cc1. The molecular weight excluding hydrogens is 422 g/mol. The van der Waals surface area contributed by atoms with Crippen LogP contribution in [-0.2, 0) is 10.0 Å². The Hall–Kier alpha value is -2.09. The van der Waals surface area contributed by atoms with Crippen molar-refractivity contribution in [2.24, 2.45) is 0 Å². The van der Waals surface area contributed by atoms with Crippen LogP contribution in [0.3, 0.4) is 0 Å². The molecule has 1 fully saturated rings. The van der Waals surface area contributed by atoms with Gasteiger partial charge in [0.25, 0.3) is 5.91 Å². The number of halogens is 1. The molecule has 0 unspecified atom stereocenters. The van der Waals surface area contributed by atoms with Crippen LogP contribution in [-0.4, -0.2) is 63.3 Å². The molecule has 1 heterocycles. The van der Waals surface area contributed by atoms with Gasteiger partial charge in [0, 0.05) is 51.0 Å². The van der Waals surface area contributed by atoms with Crippen molar-refractivity contribution in [3.8, 4) is 0 Å². The summed E-state index contributed by atoms with van der Waals surface area (Å²) in [6.07, 6.45) is 2.26. The number of unbranched alkanes of at least 4 members (excludes halogenated alkanes) is 1. The first-order valence-electron chi connectivity index (χ1n) is 10.2. The minimum Gasteiger partial charge on any atom is -0.375 e. The summed E-state index contributed by atoms with van der Waals surface area (Å²) in [4.78, 5) is 16.8. The fourth-order valence-electron chi connectivity index (χ4n) is 3.49. The molecule has 162 valence electrons. The van der Waals surface area contributed by atoms with E-state index in [4.69, 9.17) is 11.6 Å². The number of hydrogen-bond acceptors (Lipinski definition) is 4. The molecular formula is C22H28ClN3O3S. The van der Waals surface area contributed by atoms with Gasteiger partial charge in [-0.25, -0.2) is 8.42 Å². The van der Waals surface area contributed by atoms with Gasteiger partial charge in [-0.05, 0) is 42.8 Å². The zero-order valence-electron chi connectivity index (χ0n) is 17.4. The predicted molar refractivity (Wildman–Crippen MR) is 121 cm³/mol. The molecule has 0 aromatic heterocycles. The zero-order chi connectivity index (χ0) is 21.7. The van der Waals surface area contributed by atoms with Gasteiger partial charge >= 0.3 is 0 Å². The van der Waals surface area contributed by atoms with Gasteiger partial charge in [-0.1, -0.05) is 37.1 Å². The van der Waals surface area contributed by atoms with E-state index in [0.717, 1.165) is 25.1 Å². The Labute approximate surface area is 184 Å². The van der Waals surface area contributed by atoms with E-state index in [9.17, 15) is 13.2 Å². The largest absolute Gasteiger partial charge is 0.375 e. The Morgan fingerprint density at radius 3 is 2.27 bits per heavy atom. The van der Waals surface area contributed by atoms with Gasteiger partial charge in [0.2, 0.25) is 10.0 Å². The molecule has 0 N–H and O–H groups in total. The number of hydrogen-bond donors (Lipinski definition) is 0. The summed E-state index contributed by atoms with van der Waals surface area (Å²) in [5.74, 6) is -0.0763. The number of benzene rings is 2. The lowest BCUT2D eigenvalue weighted by Gasteiger charge is -2.34. The number of amides is 1. The molecule has 8 heteroatoms. The Balaban J connectivity index is 1.62. The van der Waals surface area contributed by atoms with Crippen LogP contribution in [0.5, 0.6) is 0 Å². The smallest absolute Gasteiger partial charge is 0.253 e. The first-order valence-corrected chi connectivity index (χ1v) is 12.0. The van der Waals surface area contributed by atoms with Gasteiger partial charge in [0.05, 0.1) is 5.02 Å². The lowest BCUT2D eigenvalue weighted by molar-refractivity contribution is 0.0698. The number of rotatable bonds is 7. The van der Waals surface area contributed by atoms with Gasteiger partial charge < -0.3 is 9.80 Å². The molecule has 0 radical (unpaired) electrons. The van der Waals surface area contributed by atoms with E-state index in [-0.39, 0.29) is 28.9 Å². The number of nitrogens with zero attached hydrogens (tertiary/aromatic N) is 3. The molecule has 0 spiro atoms. The van der Waals surface area contributed by atoms with Crippen LogP contribution in [0.1, 0.15) is 30.1 Å². The molecule has 0 aliphatic carbocycles. The molecule has 1 aliphatic rings. The Morgan fingerprint density at radius 1 is 1.03 bits per heavy atom. The molecule has 2 aromatic rings. The summed E-state index contributed by atoms with van der Waals surface area (Å²) in [6, 6.07) is 14.0. The van der Waals surface area contributed by atoms with Crippen molar-refractivity contribution >= 4 is 33.2 Å². The van der Waals surface area contributed by atoms with Gasteiger partial charge in [-0.3, -0.25) is 4.79 Å². The number of carbonyl (C=O) groups is 1. The fraction of sp³-hybridized carbons (Fsp3) is 0.409. The monoisotopic (exact) mass is 449 g/mol. The first kappa shape index (κ1) is 22.6. The number of piperazine rings is 1. The summed E-state index contributed by atoms with van der Waals surface area (Å²) in [5, 5.41) is 0.208. The van der Waals surface area contributed by atoms with Crippen molar-refractivity contribution in [1.29, 1.82) is 0 Å². The van der Waals surface area contributed by atoms with E-state index in [0.29, 0.717) is 18.7 Å². The van der Waals surface area contributed by atoms with E-state index in [2.05, 4.69) is 11.8 Å². The summed E-state index contributed by atoms with van der Waals surface area (Å²) >= 11 is 6.08. The van der Waals surface area contributed by atoms with Crippen molar-refractivity contribution in [1.82, 2.24) is 9.21 Å². The second kappa shape index (κ2) is 9.81. The fourth-order valence-corrected chi connectivity index (χ4v) is 5.41. The molecule has 0 bridgehead atoms. The van der Waals surface area contributed by atoms with Gasteiger partial charge in [0.15, 0.2) is 0 Å². The number of anilines is 1. The first-order chi connectivity index (χ1) is 14.3. The maximum atomic E-state index is 12.9. The van der Waals surface area contributed by atoms with Crippen molar-refractivity contribution in [2.75, 3.05) is 44.7 Å². The third-order valence-electron chi connectivity index (χ3n) is 5.38. The second-order valence-electron chi connectivity index (χ2n) is 7.45. The quantitative estimate of drug-likeness (QED) is 0.646. The standard InChI is InChI=1S/C22H28ClN3O3S/c1-3-4-13-24(2)19-11-9-18(10-12-19)22(27)25-14-16-26(17-15-25)30(28,29)21-8-6-5-7-20(21)23/h5-12H,3-4,13-17H2,1-2H3. The molecule has 2 aromatic carbocycles. The minimum absolute atomic E-state index is 0.0763. The summed E-state index contributed by atoms with van der Waals surface area (Å²) in [6.45, 7) is 4.33. The average Bonchev–Trinajstić information content (AvgIpc) is 2.77. The van der Waals surface area contributed by atoms with Crippen LogP contribution in [0.25, 0.3) is 0 Å². The van der Waals surface area contributed by atoms with Crippen molar-refractivity contribution < 1.29 is 13.2 Å². The maximum absolute atomic E-state index is 12.9. The van der Waals surface area contributed by atoms with Gasteiger partial charge in [0.1, 0.15) is 4.90 Å². The highest BCUT2D eigenvalue weighted by Gasteiger charge is 2.31. The summed E-state index contributed by atoms with van der Waals surface area (Å²) < 4.78 is 27.1. The predicted octanol–water partition coefficient (Wildman–Crippen LogP) is 3.72. The van der Waals surface area contributed by atoms with Gasteiger partial charge in [-0.15, -0.1) is 0 Å². The third kappa shape index (κ3) is 4.96. The Bertz CT molecular complexity index is 971. The summed E-state index contributed by atoms with van der Waals surface area (Å²) in [5.41, 5.74) is 1.70. The molecule has 1 saturated heterocycles. The van der Waals surface area contributed by atoms with Crippen LogP contribution in [0.2, 0.25) is 5.02 Å². The highest BCUT2D eigenvalue weighted by Crippen LogP contribution is 2.25. The molecule has 3 rings (SSSR count). The minimum atomic E-state index is -3.67. The topological polar surface area (TPSA) is 60.9 Å². The molecule has 1 aliphatic heterocycles. The van der Waals surface area contributed by atoms with E-state index >= 15 is 0 Å². The van der Waals surface area contributed by atoms with Crippen molar-refractivity contribution in [3.63, 3.8) is 0 Å². The zero-order valence-corrected chi connectivity index (χ0v) is 19.0. The highest BCUT2D eigenvalue weighted by atomic mass is 35.5. The molecule has 0 atom stereocenters. The van der Waals surface area contributed by atoms with Crippen LogP contribution in [0.4, 0.5) is 5.69 Å². The second-order valence-corrected chi connectivity index (χ2v) is 9.76.